The van der Waals surface area contributed by atoms with Crippen LogP contribution in [0.3, 0.4) is 0 Å². The third kappa shape index (κ3) is 4.99. The van der Waals surface area contributed by atoms with Gasteiger partial charge in [-0.2, -0.15) is 4.31 Å². The Kier molecular flexibility index (Phi) is 6.77. The van der Waals surface area contributed by atoms with Crippen LogP contribution in [0.5, 0.6) is 5.75 Å². The van der Waals surface area contributed by atoms with Gasteiger partial charge in [0.15, 0.2) is 0 Å². The zero-order valence-electron chi connectivity index (χ0n) is 16.5. The van der Waals surface area contributed by atoms with Crippen molar-refractivity contribution in [3.05, 3.63) is 88.9 Å². The third-order valence-electron chi connectivity index (χ3n) is 4.47. The van der Waals surface area contributed by atoms with Crippen LogP contribution in [0.4, 0.5) is 5.69 Å². The largest absolute Gasteiger partial charge is 0.496 e. The van der Waals surface area contributed by atoms with Gasteiger partial charge in [-0.05, 0) is 48.0 Å². The highest BCUT2D eigenvalue weighted by atomic mass is 35.5. The Hall–Kier alpha value is -2.87. The SMILES string of the molecule is COc1ccc(Cl)cc1C(=O)Nc1ccc(S(=O)(=O)N(C)Cc2ccccc2)cc1. The predicted octanol–water partition coefficient (Wildman–Crippen LogP) is 4.42. The van der Waals surface area contributed by atoms with Crippen molar-refractivity contribution in [1.82, 2.24) is 4.31 Å². The van der Waals surface area contributed by atoms with E-state index in [1.54, 1.807) is 12.1 Å². The number of carbonyl (C=O) groups is 1. The Bertz CT molecular complexity index is 1130. The monoisotopic (exact) mass is 444 g/mol. The second-order valence-electron chi connectivity index (χ2n) is 6.57. The van der Waals surface area contributed by atoms with Gasteiger partial charge in [0.25, 0.3) is 5.91 Å². The van der Waals surface area contributed by atoms with Crippen molar-refractivity contribution in [2.24, 2.45) is 0 Å². The zero-order valence-corrected chi connectivity index (χ0v) is 18.1. The summed E-state index contributed by atoms with van der Waals surface area (Å²) in [4.78, 5) is 12.7. The van der Waals surface area contributed by atoms with Gasteiger partial charge in [0.05, 0.1) is 17.6 Å². The number of anilines is 1. The summed E-state index contributed by atoms with van der Waals surface area (Å²) < 4.78 is 32.1. The Balaban J connectivity index is 1.74. The minimum atomic E-state index is -3.67. The lowest BCUT2D eigenvalue weighted by atomic mass is 10.2. The van der Waals surface area contributed by atoms with Crippen molar-refractivity contribution in [3.8, 4) is 5.75 Å². The van der Waals surface area contributed by atoms with E-state index in [1.807, 2.05) is 30.3 Å². The molecular weight excluding hydrogens is 424 g/mol. The van der Waals surface area contributed by atoms with Crippen LogP contribution in [0.1, 0.15) is 15.9 Å². The molecular formula is C22H21ClN2O4S. The fourth-order valence-electron chi connectivity index (χ4n) is 2.87. The molecule has 0 aliphatic carbocycles. The molecule has 6 nitrogen and oxygen atoms in total. The summed E-state index contributed by atoms with van der Waals surface area (Å²) in [5.41, 5.74) is 1.62. The Morgan fingerprint density at radius 1 is 1.03 bits per heavy atom. The van der Waals surface area contributed by atoms with E-state index in [1.165, 1.54) is 48.8 Å². The smallest absolute Gasteiger partial charge is 0.259 e. The van der Waals surface area contributed by atoms with Crippen molar-refractivity contribution in [2.45, 2.75) is 11.4 Å². The van der Waals surface area contributed by atoms with Crippen LogP contribution in [-0.4, -0.2) is 32.8 Å². The average Bonchev–Trinajstić information content (AvgIpc) is 2.74. The standard InChI is InChI=1S/C22H21ClN2O4S/c1-25(15-16-6-4-3-5-7-16)30(27,28)19-11-9-18(10-12-19)24-22(26)20-14-17(23)8-13-21(20)29-2/h3-14H,15H2,1-2H3,(H,24,26). The van der Waals surface area contributed by atoms with E-state index >= 15 is 0 Å². The maximum Gasteiger partial charge on any atom is 0.259 e. The van der Waals surface area contributed by atoms with Gasteiger partial charge in [-0.3, -0.25) is 4.79 Å². The van der Waals surface area contributed by atoms with E-state index in [9.17, 15) is 13.2 Å². The molecule has 156 valence electrons. The van der Waals surface area contributed by atoms with Gasteiger partial charge in [0, 0.05) is 24.3 Å². The molecule has 0 aliphatic rings. The van der Waals surface area contributed by atoms with Crippen LogP contribution in [-0.2, 0) is 16.6 Å². The fraction of sp³-hybridized carbons (Fsp3) is 0.136. The molecule has 0 saturated heterocycles. The molecule has 3 rings (SSSR count). The molecule has 0 fully saturated rings. The van der Waals surface area contributed by atoms with Gasteiger partial charge in [0.2, 0.25) is 10.0 Å². The second kappa shape index (κ2) is 9.30. The molecule has 0 saturated carbocycles. The van der Waals surface area contributed by atoms with Crippen LogP contribution >= 0.6 is 11.6 Å². The number of amides is 1. The van der Waals surface area contributed by atoms with E-state index in [0.717, 1.165) is 5.56 Å². The van der Waals surface area contributed by atoms with Crippen LogP contribution < -0.4 is 10.1 Å². The summed E-state index contributed by atoms with van der Waals surface area (Å²) in [5.74, 6) is -0.0233. The molecule has 0 unspecified atom stereocenters. The summed E-state index contributed by atoms with van der Waals surface area (Å²) in [7, 11) is -0.673. The van der Waals surface area contributed by atoms with Gasteiger partial charge < -0.3 is 10.1 Å². The molecule has 3 aromatic rings. The van der Waals surface area contributed by atoms with Crippen molar-refractivity contribution < 1.29 is 17.9 Å². The van der Waals surface area contributed by atoms with E-state index in [4.69, 9.17) is 16.3 Å². The number of methoxy groups -OCH3 is 1. The van der Waals surface area contributed by atoms with Crippen LogP contribution in [0.25, 0.3) is 0 Å². The number of halogens is 1. The number of nitrogens with one attached hydrogen (secondary N) is 1. The first-order valence-electron chi connectivity index (χ1n) is 9.06. The van der Waals surface area contributed by atoms with Crippen molar-refractivity contribution >= 4 is 33.2 Å². The number of hydrogen-bond donors (Lipinski definition) is 1. The number of nitrogens with zero attached hydrogens (tertiary/aromatic N) is 1. The predicted molar refractivity (Wildman–Crippen MR) is 117 cm³/mol. The number of carbonyl (C=O) groups excluding carboxylic acids is 1. The Morgan fingerprint density at radius 2 is 1.70 bits per heavy atom. The van der Waals surface area contributed by atoms with Crippen LogP contribution in [0, 0.1) is 0 Å². The molecule has 3 aromatic carbocycles. The third-order valence-corrected chi connectivity index (χ3v) is 6.53. The molecule has 1 N–H and O–H groups in total. The van der Waals surface area contributed by atoms with E-state index in [-0.39, 0.29) is 17.0 Å². The number of rotatable bonds is 7. The number of hydrogen-bond acceptors (Lipinski definition) is 4. The molecule has 30 heavy (non-hydrogen) atoms. The van der Waals surface area contributed by atoms with Gasteiger partial charge >= 0.3 is 0 Å². The summed E-state index contributed by atoms with van der Waals surface area (Å²) in [6.07, 6.45) is 0. The van der Waals surface area contributed by atoms with Crippen LogP contribution in [0.2, 0.25) is 5.02 Å². The van der Waals surface area contributed by atoms with Crippen molar-refractivity contribution in [2.75, 3.05) is 19.5 Å². The molecule has 0 atom stereocenters. The first kappa shape index (κ1) is 21.8. The molecule has 1 amide bonds. The maximum atomic E-state index is 12.8. The summed E-state index contributed by atoms with van der Waals surface area (Å²) in [6, 6.07) is 20.1. The summed E-state index contributed by atoms with van der Waals surface area (Å²) in [6.45, 7) is 0.260. The van der Waals surface area contributed by atoms with Crippen LogP contribution in [0.15, 0.2) is 77.7 Å². The maximum absolute atomic E-state index is 12.8. The molecule has 0 radical (unpaired) electrons. The molecule has 0 spiro atoms. The van der Waals surface area contributed by atoms with E-state index < -0.39 is 15.9 Å². The number of ether oxygens (including phenoxy) is 1. The Labute approximate surface area is 181 Å². The first-order chi connectivity index (χ1) is 14.3. The normalized spacial score (nSPS) is 11.3. The van der Waals surface area contributed by atoms with Gasteiger partial charge in [0.1, 0.15) is 5.75 Å². The molecule has 0 bridgehead atoms. The minimum absolute atomic E-state index is 0.138. The molecule has 0 aromatic heterocycles. The van der Waals surface area contributed by atoms with Crippen molar-refractivity contribution in [1.29, 1.82) is 0 Å². The Morgan fingerprint density at radius 3 is 2.33 bits per heavy atom. The number of benzene rings is 3. The van der Waals surface area contributed by atoms with E-state index in [0.29, 0.717) is 16.5 Å². The fourth-order valence-corrected chi connectivity index (χ4v) is 4.20. The lowest BCUT2D eigenvalue weighted by Crippen LogP contribution is -2.26. The van der Waals surface area contributed by atoms with Gasteiger partial charge in [-0.1, -0.05) is 41.9 Å². The van der Waals surface area contributed by atoms with E-state index in [2.05, 4.69) is 5.32 Å². The zero-order chi connectivity index (χ0) is 21.7. The van der Waals surface area contributed by atoms with Gasteiger partial charge in [-0.15, -0.1) is 0 Å². The summed E-state index contributed by atoms with van der Waals surface area (Å²) >= 11 is 5.97. The van der Waals surface area contributed by atoms with Gasteiger partial charge in [-0.25, -0.2) is 8.42 Å². The highest BCUT2D eigenvalue weighted by molar-refractivity contribution is 7.89. The minimum Gasteiger partial charge on any atom is -0.496 e. The van der Waals surface area contributed by atoms with Crippen molar-refractivity contribution in [3.63, 3.8) is 0 Å². The molecule has 8 heteroatoms. The lowest BCUT2D eigenvalue weighted by Gasteiger charge is -2.17. The molecule has 0 aliphatic heterocycles. The lowest BCUT2D eigenvalue weighted by molar-refractivity contribution is 0.102. The second-order valence-corrected chi connectivity index (χ2v) is 9.05. The average molecular weight is 445 g/mol. The highest BCUT2D eigenvalue weighted by Crippen LogP contribution is 2.24. The quantitative estimate of drug-likeness (QED) is 0.585. The summed E-state index contributed by atoms with van der Waals surface area (Å²) in [5, 5.41) is 3.13. The molecule has 0 heterocycles. The topological polar surface area (TPSA) is 75.7 Å². The highest BCUT2D eigenvalue weighted by Gasteiger charge is 2.21. The first-order valence-corrected chi connectivity index (χ1v) is 10.9. The number of sulfonamides is 1.